The Morgan fingerprint density at radius 3 is 2.38 bits per heavy atom. The van der Waals surface area contributed by atoms with Crippen molar-refractivity contribution in [2.24, 2.45) is 17.8 Å². The molecule has 0 aromatic rings. The van der Waals surface area contributed by atoms with Gasteiger partial charge in [-0.2, -0.15) is 0 Å². The first kappa shape index (κ1) is 10.5. The van der Waals surface area contributed by atoms with Crippen molar-refractivity contribution < 1.29 is 9.90 Å². The minimum absolute atomic E-state index is 0.201. The van der Waals surface area contributed by atoms with Crippen molar-refractivity contribution in [2.75, 3.05) is 19.6 Å². The molecule has 76 valence electrons. The molecule has 0 saturated carbocycles. The van der Waals surface area contributed by atoms with Gasteiger partial charge in [0.2, 0.25) is 0 Å². The highest BCUT2D eigenvalue weighted by molar-refractivity contribution is 5.70. The summed E-state index contributed by atoms with van der Waals surface area (Å²) in [6.07, 6.45) is 0. The predicted molar refractivity (Wildman–Crippen MR) is 51.6 cm³/mol. The molecule has 1 unspecified atom stereocenters. The molecule has 1 fully saturated rings. The summed E-state index contributed by atoms with van der Waals surface area (Å²) in [5, 5.41) is 8.95. The third kappa shape index (κ3) is 2.69. The Hall–Kier alpha value is -0.570. The molecule has 13 heavy (non-hydrogen) atoms. The number of nitrogens with zero attached hydrogens (tertiary/aromatic N) is 1. The van der Waals surface area contributed by atoms with Gasteiger partial charge < -0.3 is 10.0 Å². The highest BCUT2D eigenvalue weighted by Gasteiger charge is 2.29. The maximum absolute atomic E-state index is 10.9. The zero-order valence-electron chi connectivity index (χ0n) is 8.66. The van der Waals surface area contributed by atoms with Crippen LogP contribution in [0.15, 0.2) is 0 Å². The average molecular weight is 185 g/mol. The van der Waals surface area contributed by atoms with Gasteiger partial charge in [0.15, 0.2) is 0 Å². The third-order valence-electron chi connectivity index (χ3n) is 2.72. The van der Waals surface area contributed by atoms with Crippen molar-refractivity contribution in [1.29, 1.82) is 0 Å². The van der Waals surface area contributed by atoms with E-state index in [1.54, 1.807) is 0 Å². The first-order valence-corrected chi connectivity index (χ1v) is 4.96. The summed E-state index contributed by atoms with van der Waals surface area (Å²) >= 11 is 0. The summed E-state index contributed by atoms with van der Waals surface area (Å²) < 4.78 is 0. The number of aliphatic carboxylic acids is 1. The smallest absolute Gasteiger partial charge is 0.308 e. The Labute approximate surface area is 79.7 Å². The van der Waals surface area contributed by atoms with Crippen LogP contribution in [0.3, 0.4) is 0 Å². The number of carboxylic acids is 1. The molecule has 3 nitrogen and oxygen atoms in total. The Bertz CT molecular complexity index is 185. The molecule has 1 heterocycles. The molecule has 1 aliphatic heterocycles. The lowest BCUT2D eigenvalue weighted by molar-refractivity contribution is -0.144. The summed E-state index contributed by atoms with van der Waals surface area (Å²) in [5.74, 6) is 0.122. The molecule has 0 spiro atoms. The van der Waals surface area contributed by atoms with E-state index in [0.717, 1.165) is 25.6 Å². The topological polar surface area (TPSA) is 40.5 Å². The van der Waals surface area contributed by atoms with Gasteiger partial charge in [0.1, 0.15) is 0 Å². The predicted octanol–water partition coefficient (Wildman–Crippen LogP) is 1.29. The molecule has 1 rings (SSSR count). The summed E-state index contributed by atoms with van der Waals surface area (Å²) in [4.78, 5) is 13.1. The van der Waals surface area contributed by atoms with Crippen LogP contribution in [-0.4, -0.2) is 35.6 Å². The first-order valence-electron chi connectivity index (χ1n) is 4.96. The summed E-state index contributed by atoms with van der Waals surface area (Å²) in [7, 11) is 0. The average Bonchev–Trinajstić information content (AvgIpc) is 1.93. The Morgan fingerprint density at radius 2 is 2.08 bits per heavy atom. The largest absolute Gasteiger partial charge is 0.481 e. The molecular weight excluding hydrogens is 166 g/mol. The molecule has 1 atom stereocenters. The van der Waals surface area contributed by atoms with Crippen LogP contribution in [-0.2, 0) is 4.79 Å². The number of likely N-dealkylation sites (tertiary alicyclic amines) is 1. The SMILES string of the molecule is CC1CN(CC(C(=O)O)C(C)C)C1. The van der Waals surface area contributed by atoms with Crippen LogP contribution >= 0.6 is 0 Å². The number of rotatable bonds is 4. The quantitative estimate of drug-likeness (QED) is 0.717. The van der Waals surface area contributed by atoms with E-state index < -0.39 is 5.97 Å². The lowest BCUT2D eigenvalue weighted by Gasteiger charge is -2.39. The molecule has 0 aromatic carbocycles. The second-order valence-corrected chi connectivity index (χ2v) is 4.51. The minimum Gasteiger partial charge on any atom is -0.481 e. The fourth-order valence-electron chi connectivity index (χ4n) is 1.83. The van der Waals surface area contributed by atoms with Crippen molar-refractivity contribution in [3.63, 3.8) is 0 Å². The van der Waals surface area contributed by atoms with Crippen molar-refractivity contribution in [1.82, 2.24) is 4.90 Å². The number of carboxylic acid groups (broad SMARTS) is 1. The molecule has 3 heteroatoms. The van der Waals surface area contributed by atoms with Crippen LogP contribution in [0, 0.1) is 17.8 Å². The van der Waals surface area contributed by atoms with Crippen molar-refractivity contribution in [3.8, 4) is 0 Å². The summed E-state index contributed by atoms with van der Waals surface area (Å²) in [6, 6.07) is 0. The second kappa shape index (κ2) is 4.09. The second-order valence-electron chi connectivity index (χ2n) is 4.51. The van der Waals surface area contributed by atoms with Crippen molar-refractivity contribution in [3.05, 3.63) is 0 Å². The molecule has 1 N–H and O–H groups in total. The van der Waals surface area contributed by atoms with Crippen LogP contribution in [0.25, 0.3) is 0 Å². The van der Waals surface area contributed by atoms with E-state index in [1.165, 1.54) is 0 Å². The van der Waals surface area contributed by atoms with E-state index in [0.29, 0.717) is 0 Å². The van der Waals surface area contributed by atoms with E-state index in [4.69, 9.17) is 5.11 Å². The molecule has 0 bridgehead atoms. The van der Waals surface area contributed by atoms with Gasteiger partial charge in [0.25, 0.3) is 0 Å². The zero-order valence-corrected chi connectivity index (χ0v) is 8.66. The van der Waals surface area contributed by atoms with E-state index in [-0.39, 0.29) is 11.8 Å². The van der Waals surface area contributed by atoms with Gasteiger partial charge in [0, 0.05) is 19.6 Å². The standard InChI is InChI=1S/C10H19NO2/c1-7(2)9(10(12)13)6-11-4-8(3)5-11/h7-9H,4-6H2,1-3H3,(H,12,13). The van der Waals surface area contributed by atoms with Crippen molar-refractivity contribution >= 4 is 5.97 Å². The van der Waals surface area contributed by atoms with E-state index in [1.807, 2.05) is 13.8 Å². The maximum atomic E-state index is 10.9. The van der Waals surface area contributed by atoms with Gasteiger partial charge in [-0.15, -0.1) is 0 Å². The Morgan fingerprint density at radius 1 is 1.54 bits per heavy atom. The molecular formula is C10H19NO2. The fourth-order valence-corrected chi connectivity index (χ4v) is 1.83. The number of hydrogen-bond donors (Lipinski definition) is 1. The number of carbonyl (C=O) groups is 1. The normalized spacial score (nSPS) is 21.5. The van der Waals surface area contributed by atoms with Crippen LogP contribution in [0.5, 0.6) is 0 Å². The van der Waals surface area contributed by atoms with Gasteiger partial charge in [-0.25, -0.2) is 0 Å². The molecule has 0 aliphatic carbocycles. The molecule has 0 radical (unpaired) electrons. The highest BCUT2D eigenvalue weighted by atomic mass is 16.4. The minimum atomic E-state index is -0.658. The Balaban J connectivity index is 2.35. The lowest BCUT2D eigenvalue weighted by Crippen LogP contribution is -2.49. The summed E-state index contributed by atoms with van der Waals surface area (Å²) in [5.41, 5.74) is 0. The summed E-state index contributed by atoms with van der Waals surface area (Å²) in [6.45, 7) is 9.00. The van der Waals surface area contributed by atoms with Crippen LogP contribution in [0.2, 0.25) is 0 Å². The molecule has 1 saturated heterocycles. The van der Waals surface area contributed by atoms with Crippen LogP contribution < -0.4 is 0 Å². The van der Waals surface area contributed by atoms with Gasteiger partial charge in [0.05, 0.1) is 5.92 Å². The van der Waals surface area contributed by atoms with Gasteiger partial charge in [-0.05, 0) is 11.8 Å². The lowest BCUT2D eigenvalue weighted by atomic mass is 9.92. The highest BCUT2D eigenvalue weighted by Crippen LogP contribution is 2.19. The molecule has 0 amide bonds. The van der Waals surface area contributed by atoms with Crippen LogP contribution in [0.1, 0.15) is 20.8 Å². The van der Waals surface area contributed by atoms with E-state index in [9.17, 15) is 4.79 Å². The monoisotopic (exact) mass is 185 g/mol. The first-order chi connectivity index (χ1) is 6.00. The van der Waals surface area contributed by atoms with Crippen LogP contribution in [0.4, 0.5) is 0 Å². The number of hydrogen-bond acceptors (Lipinski definition) is 2. The Kier molecular flexibility index (Phi) is 3.31. The molecule has 0 aromatic heterocycles. The maximum Gasteiger partial charge on any atom is 0.308 e. The van der Waals surface area contributed by atoms with Gasteiger partial charge in [-0.3, -0.25) is 4.79 Å². The third-order valence-corrected chi connectivity index (χ3v) is 2.72. The fraction of sp³-hybridized carbons (Fsp3) is 0.900. The van der Waals surface area contributed by atoms with Gasteiger partial charge in [-0.1, -0.05) is 20.8 Å². The van der Waals surface area contributed by atoms with Gasteiger partial charge >= 0.3 is 5.97 Å². The van der Waals surface area contributed by atoms with E-state index >= 15 is 0 Å². The van der Waals surface area contributed by atoms with E-state index in [2.05, 4.69) is 11.8 Å². The van der Waals surface area contributed by atoms with Crippen molar-refractivity contribution in [2.45, 2.75) is 20.8 Å². The molecule has 1 aliphatic rings. The zero-order chi connectivity index (χ0) is 10.0.